The third kappa shape index (κ3) is 5.12. The summed E-state index contributed by atoms with van der Waals surface area (Å²) < 4.78 is 19.3. The van der Waals surface area contributed by atoms with E-state index in [-0.39, 0.29) is 27.3 Å². The molecule has 3 rings (SSSR count). The Morgan fingerprint density at radius 2 is 1.87 bits per heavy atom. The van der Waals surface area contributed by atoms with E-state index < -0.39 is 17.4 Å². The minimum absolute atomic E-state index is 0.136. The first-order valence-corrected chi connectivity index (χ1v) is 10.4. The third-order valence-electron chi connectivity index (χ3n) is 5.43. The van der Waals surface area contributed by atoms with Crippen molar-refractivity contribution >= 4 is 35.0 Å². The molecular formula is C22H23Cl2FN2O3. The Balaban J connectivity index is 1.66. The second-order valence-corrected chi connectivity index (χ2v) is 8.20. The molecule has 2 aromatic carbocycles. The van der Waals surface area contributed by atoms with E-state index in [0.29, 0.717) is 32.6 Å². The highest BCUT2D eigenvalue weighted by Crippen LogP contribution is 2.34. The molecule has 1 unspecified atom stereocenters. The molecule has 0 radical (unpaired) electrons. The minimum Gasteiger partial charge on any atom is -0.381 e. The van der Waals surface area contributed by atoms with Gasteiger partial charge in [-0.15, -0.1) is 0 Å². The van der Waals surface area contributed by atoms with Crippen LogP contribution in [0, 0.1) is 5.82 Å². The first-order valence-electron chi connectivity index (χ1n) is 9.69. The normalized spacial score (nSPS) is 16.5. The van der Waals surface area contributed by atoms with Crippen LogP contribution in [0.3, 0.4) is 0 Å². The van der Waals surface area contributed by atoms with Crippen LogP contribution in [-0.4, -0.2) is 37.6 Å². The number of carbonyl (C=O) groups is 2. The first-order chi connectivity index (χ1) is 14.3. The van der Waals surface area contributed by atoms with Crippen molar-refractivity contribution in [3.8, 4) is 0 Å². The van der Waals surface area contributed by atoms with Gasteiger partial charge in [0.2, 0.25) is 5.91 Å². The summed E-state index contributed by atoms with van der Waals surface area (Å²) in [6, 6.07) is 10.4. The van der Waals surface area contributed by atoms with Crippen molar-refractivity contribution in [2.75, 3.05) is 19.8 Å². The predicted octanol–water partition coefficient (Wildman–Crippen LogP) is 4.12. The minimum atomic E-state index is -0.794. The maximum absolute atomic E-state index is 13.8. The Kier molecular flexibility index (Phi) is 7.34. The van der Waals surface area contributed by atoms with E-state index in [1.54, 1.807) is 25.1 Å². The summed E-state index contributed by atoms with van der Waals surface area (Å²) in [4.78, 5) is 25.1. The van der Waals surface area contributed by atoms with Crippen molar-refractivity contribution < 1.29 is 18.7 Å². The van der Waals surface area contributed by atoms with Crippen molar-refractivity contribution in [1.29, 1.82) is 0 Å². The molecule has 160 valence electrons. The summed E-state index contributed by atoms with van der Waals surface area (Å²) in [7, 11) is 0. The van der Waals surface area contributed by atoms with Crippen LogP contribution in [0.2, 0.25) is 10.0 Å². The zero-order valence-corrected chi connectivity index (χ0v) is 18.0. The lowest BCUT2D eigenvalue weighted by Gasteiger charge is -2.38. The molecule has 1 atom stereocenters. The number of hydrogen-bond donors (Lipinski definition) is 2. The fourth-order valence-corrected chi connectivity index (χ4v) is 3.96. The van der Waals surface area contributed by atoms with Crippen molar-refractivity contribution in [2.24, 2.45) is 0 Å². The summed E-state index contributed by atoms with van der Waals surface area (Å²) in [5, 5.41) is 5.94. The van der Waals surface area contributed by atoms with Crippen LogP contribution in [0.4, 0.5) is 4.39 Å². The Bertz CT molecular complexity index is 932. The lowest BCUT2D eigenvalue weighted by molar-refractivity contribution is -0.123. The van der Waals surface area contributed by atoms with Crippen LogP contribution >= 0.6 is 23.2 Å². The Morgan fingerprint density at radius 3 is 2.57 bits per heavy atom. The molecule has 0 spiro atoms. The molecule has 0 saturated carbocycles. The first kappa shape index (κ1) is 22.5. The van der Waals surface area contributed by atoms with E-state index >= 15 is 0 Å². The Labute approximate surface area is 184 Å². The van der Waals surface area contributed by atoms with Gasteiger partial charge >= 0.3 is 0 Å². The largest absolute Gasteiger partial charge is 0.381 e. The maximum atomic E-state index is 13.8. The van der Waals surface area contributed by atoms with Crippen LogP contribution in [0.25, 0.3) is 0 Å². The zero-order valence-electron chi connectivity index (χ0n) is 16.5. The molecule has 0 aromatic heterocycles. The molecule has 2 N–H and O–H groups in total. The predicted molar refractivity (Wildman–Crippen MR) is 115 cm³/mol. The van der Waals surface area contributed by atoms with E-state index in [1.165, 1.54) is 18.2 Å². The second kappa shape index (κ2) is 9.77. The summed E-state index contributed by atoms with van der Waals surface area (Å²) in [5.41, 5.74) is 0.605. The second-order valence-electron chi connectivity index (χ2n) is 7.42. The molecular weight excluding hydrogens is 430 g/mol. The van der Waals surface area contributed by atoms with Crippen LogP contribution in [-0.2, 0) is 14.9 Å². The summed E-state index contributed by atoms with van der Waals surface area (Å²) in [6.07, 6.45) is 1.32. The molecule has 8 heteroatoms. The molecule has 1 aliphatic heterocycles. The average molecular weight is 453 g/mol. The van der Waals surface area contributed by atoms with Crippen molar-refractivity contribution in [2.45, 2.75) is 31.2 Å². The number of halogens is 3. The quantitative estimate of drug-likeness (QED) is 0.692. The fourth-order valence-electron chi connectivity index (χ4n) is 3.58. The van der Waals surface area contributed by atoms with E-state index in [0.717, 1.165) is 5.56 Å². The molecule has 30 heavy (non-hydrogen) atoms. The number of rotatable bonds is 6. The van der Waals surface area contributed by atoms with Crippen LogP contribution in [0.15, 0.2) is 42.5 Å². The number of carbonyl (C=O) groups excluding carboxylic acids is 2. The maximum Gasteiger partial charge on any atom is 0.253 e. The topological polar surface area (TPSA) is 67.4 Å². The number of ether oxygens (including phenoxy) is 1. The van der Waals surface area contributed by atoms with Crippen LogP contribution < -0.4 is 10.6 Å². The molecule has 1 saturated heterocycles. The summed E-state index contributed by atoms with van der Waals surface area (Å²) in [6.45, 7) is 2.97. The molecule has 0 bridgehead atoms. The molecule has 5 nitrogen and oxygen atoms in total. The van der Waals surface area contributed by atoms with E-state index in [4.69, 9.17) is 27.9 Å². The van der Waals surface area contributed by atoms with Gasteiger partial charge in [-0.25, -0.2) is 4.39 Å². The lowest BCUT2D eigenvalue weighted by Crippen LogP contribution is -2.50. The smallest absolute Gasteiger partial charge is 0.253 e. The third-order valence-corrected chi connectivity index (χ3v) is 6.24. The Hall–Kier alpha value is -2.15. The standard InChI is InChI=1S/C22H23Cl2FN2O3/c1-14(27-21(29)17-6-3-7-18(23)19(17)24)20(28)26-13-22(8-10-30-11-9-22)15-4-2-5-16(25)12-15/h2-7,12,14H,8-11,13H2,1H3,(H,26,28)(H,27,29). The molecule has 1 fully saturated rings. The van der Waals surface area contributed by atoms with Crippen LogP contribution in [0.1, 0.15) is 35.7 Å². The van der Waals surface area contributed by atoms with Gasteiger partial charge in [0.25, 0.3) is 5.91 Å². The van der Waals surface area contributed by atoms with E-state index in [2.05, 4.69) is 10.6 Å². The van der Waals surface area contributed by atoms with Gasteiger partial charge in [-0.1, -0.05) is 41.4 Å². The highest BCUT2D eigenvalue weighted by molar-refractivity contribution is 6.43. The average Bonchev–Trinajstić information content (AvgIpc) is 2.74. The van der Waals surface area contributed by atoms with Gasteiger partial charge in [-0.05, 0) is 49.6 Å². The molecule has 0 aliphatic carbocycles. The monoisotopic (exact) mass is 452 g/mol. The number of amides is 2. The number of nitrogens with one attached hydrogen (secondary N) is 2. The Morgan fingerprint density at radius 1 is 1.17 bits per heavy atom. The highest BCUT2D eigenvalue weighted by atomic mass is 35.5. The van der Waals surface area contributed by atoms with Crippen molar-refractivity contribution in [3.05, 3.63) is 69.5 Å². The summed E-state index contributed by atoms with van der Waals surface area (Å²) in [5.74, 6) is -1.15. The van der Waals surface area contributed by atoms with Gasteiger partial charge in [-0.3, -0.25) is 9.59 Å². The molecule has 2 amide bonds. The van der Waals surface area contributed by atoms with Gasteiger partial charge in [0, 0.05) is 25.2 Å². The lowest BCUT2D eigenvalue weighted by atomic mass is 9.74. The molecule has 1 aliphatic rings. The van der Waals surface area contributed by atoms with E-state index in [1.807, 2.05) is 6.07 Å². The zero-order chi connectivity index (χ0) is 21.7. The fraction of sp³-hybridized carbons (Fsp3) is 0.364. The van der Waals surface area contributed by atoms with Gasteiger partial charge in [0.1, 0.15) is 11.9 Å². The van der Waals surface area contributed by atoms with Gasteiger partial charge < -0.3 is 15.4 Å². The number of benzene rings is 2. The van der Waals surface area contributed by atoms with Crippen LogP contribution in [0.5, 0.6) is 0 Å². The molecule has 2 aromatic rings. The van der Waals surface area contributed by atoms with Crippen molar-refractivity contribution in [1.82, 2.24) is 10.6 Å². The molecule has 1 heterocycles. The van der Waals surface area contributed by atoms with E-state index in [9.17, 15) is 14.0 Å². The van der Waals surface area contributed by atoms with Gasteiger partial charge in [-0.2, -0.15) is 0 Å². The van der Waals surface area contributed by atoms with Gasteiger partial charge in [0.05, 0.1) is 15.6 Å². The number of hydrogen-bond acceptors (Lipinski definition) is 3. The SMILES string of the molecule is CC(NC(=O)c1cccc(Cl)c1Cl)C(=O)NCC1(c2cccc(F)c2)CCOCC1. The van der Waals surface area contributed by atoms with Crippen molar-refractivity contribution in [3.63, 3.8) is 0 Å². The van der Waals surface area contributed by atoms with Gasteiger partial charge in [0.15, 0.2) is 0 Å². The highest BCUT2D eigenvalue weighted by Gasteiger charge is 2.35. The summed E-state index contributed by atoms with van der Waals surface area (Å²) >= 11 is 12.0.